The summed E-state index contributed by atoms with van der Waals surface area (Å²) in [7, 11) is 0. The lowest BCUT2D eigenvalue weighted by Crippen LogP contribution is -2.51. The first-order valence-electron chi connectivity index (χ1n) is 11.4. The number of anilines is 1. The molecule has 0 aliphatic carbocycles. The lowest BCUT2D eigenvalue weighted by Gasteiger charge is -2.38. The summed E-state index contributed by atoms with van der Waals surface area (Å²) in [5.74, 6) is -0.976. The summed E-state index contributed by atoms with van der Waals surface area (Å²) >= 11 is 6.02. The van der Waals surface area contributed by atoms with Gasteiger partial charge in [0.25, 0.3) is 0 Å². The van der Waals surface area contributed by atoms with Gasteiger partial charge in [-0.15, -0.1) is 0 Å². The first-order chi connectivity index (χ1) is 15.8. The third-order valence-corrected chi connectivity index (χ3v) is 7.07. The summed E-state index contributed by atoms with van der Waals surface area (Å²) < 4.78 is 14.8. The van der Waals surface area contributed by atoms with Crippen molar-refractivity contribution >= 4 is 29.1 Å². The monoisotopic (exact) mass is 472 g/mol. The van der Waals surface area contributed by atoms with Crippen molar-refractivity contribution in [2.75, 3.05) is 44.2 Å². The number of rotatable bonds is 6. The number of primary amides is 1. The molecule has 176 valence electrons. The Hall–Kier alpha value is -2.64. The highest BCUT2D eigenvalue weighted by Crippen LogP contribution is 2.32. The molecule has 3 N–H and O–H groups in total. The first-order valence-corrected chi connectivity index (χ1v) is 11.8. The van der Waals surface area contributed by atoms with Gasteiger partial charge in [0.15, 0.2) is 0 Å². The fourth-order valence-corrected chi connectivity index (χ4v) is 5.02. The van der Waals surface area contributed by atoms with Crippen LogP contribution in [0.15, 0.2) is 42.5 Å². The number of hydrogen-bond acceptors (Lipinski definition) is 4. The number of amides is 2. The maximum Gasteiger partial charge on any atom is 0.227 e. The molecule has 2 aromatic carbocycles. The van der Waals surface area contributed by atoms with Crippen molar-refractivity contribution in [2.24, 2.45) is 17.6 Å². The smallest absolute Gasteiger partial charge is 0.227 e. The van der Waals surface area contributed by atoms with Crippen LogP contribution < -0.4 is 16.0 Å². The minimum absolute atomic E-state index is 0.112. The van der Waals surface area contributed by atoms with E-state index in [0.717, 1.165) is 17.7 Å². The summed E-state index contributed by atoms with van der Waals surface area (Å²) in [6, 6.07) is 12.6. The highest BCUT2D eigenvalue weighted by Gasteiger charge is 2.37. The highest BCUT2D eigenvalue weighted by atomic mass is 35.5. The molecule has 0 bridgehead atoms. The minimum Gasteiger partial charge on any atom is -0.369 e. The molecular formula is C25H30ClFN4O2. The predicted octanol–water partition coefficient (Wildman–Crippen LogP) is 2.79. The van der Waals surface area contributed by atoms with Crippen LogP contribution >= 0.6 is 11.6 Å². The van der Waals surface area contributed by atoms with E-state index in [2.05, 4.69) is 5.32 Å². The van der Waals surface area contributed by atoms with Crippen LogP contribution in [0.4, 0.5) is 10.1 Å². The van der Waals surface area contributed by atoms with Crippen LogP contribution in [0.1, 0.15) is 24.0 Å². The van der Waals surface area contributed by atoms with Crippen LogP contribution in [0.25, 0.3) is 0 Å². The van der Waals surface area contributed by atoms with E-state index < -0.39 is 5.91 Å². The molecule has 2 unspecified atom stereocenters. The van der Waals surface area contributed by atoms with Crippen LogP contribution in [-0.2, 0) is 16.0 Å². The Balaban J connectivity index is 1.43. The number of nitrogens with zero attached hydrogens (tertiary/aromatic N) is 2. The molecule has 33 heavy (non-hydrogen) atoms. The second-order valence-electron chi connectivity index (χ2n) is 8.99. The molecule has 2 aromatic rings. The van der Waals surface area contributed by atoms with Crippen LogP contribution in [0.2, 0.25) is 5.02 Å². The topological polar surface area (TPSA) is 78.7 Å². The number of hydrogen-bond donors (Lipinski definition) is 2. The number of carbonyl (C=O) groups excluding carboxylic acids is 2. The molecule has 2 fully saturated rings. The van der Waals surface area contributed by atoms with E-state index in [1.807, 2.05) is 40.1 Å². The largest absolute Gasteiger partial charge is 0.369 e. The molecule has 8 heteroatoms. The number of halogens is 2. The standard InChI is InChI=1S/C25H30ClFN4O2/c1-16(24(28)32)13-18-3-2-4-22(27)23(18)30-9-11-31(12-10-30)25(33)21-15-29-14-20(21)17-5-7-19(26)8-6-17/h2-8,16,20-21,29H,9-15H2,1H3,(H2,28,32)/t16?,20?,21-/m1/s1. The molecule has 2 saturated heterocycles. The Morgan fingerprint density at radius 1 is 1.12 bits per heavy atom. The Labute approximate surface area is 198 Å². The molecule has 4 rings (SSSR count). The maximum atomic E-state index is 14.8. The van der Waals surface area contributed by atoms with Crippen LogP contribution in [0.5, 0.6) is 0 Å². The van der Waals surface area contributed by atoms with Crippen molar-refractivity contribution in [1.82, 2.24) is 10.2 Å². The average Bonchev–Trinajstić information content (AvgIpc) is 3.29. The van der Waals surface area contributed by atoms with Gasteiger partial charge in [-0.1, -0.05) is 42.8 Å². The normalized spacial score (nSPS) is 21.8. The second kappa shape index (κ2) is 10.1. The predicted molar refractivity (Wildman–Crippen MR) is 128 cm³/mol. The number of para-hydroxylation sites is 1. The molecule has 3 atom stereocenters. The summed E-state index contributed by atoms with van der Waals surface area (Å²) in [5, 5.41) is 4.04. The summed E-state index contributed by atoms with van der Waals surface area (Å²) in [6.07, 6.45) is 0.387. The fourth-order valence-electron chi connectivity index (χ4n) is 4.89. The molecule has 2 amide bonds. The van der Waals surface area contributed by atoms with Crippen molar-refractivity contribution in [3.63, 3.8) is 0 Å². The zero-order valence-corrected chi connectivity index (χ0v) is 19.5. The van der Waals surface area contributed by atoms with Gasteiger partial charge in [0.1, 0.15) is 5.82 Å². The molecule has 0 aromatic heterocycles. The van der Waals surface area contributed by atoms with Gasteiger partial charge in [0, 0.05) is 56.1 Å². The summed E-state index contributed by atoms with van der Waals surface area (Å²) in [5.41, 5.74) is 7.81. The van der Waals surface area contributed by atoms with Crippen LogP contribution in [0.3, 0.4) is 0 Å². The van der Waals surface area contributed by atoms with Gasteiger partial charge < -0.3 is 20.9 Å². The first kappa shape index (κ1) is 23.5. The Kier molecular flexibility index (Phi) is 7.20. The molecule has 2 heterocycles. The van der Waals surface area contributed by atoms with Crippen molar-refractivity contribution in [3.8, 4) is 0 Å². The molecule has 0 radical (unpaired) electrons. The fraction of sp³-hybridized carbons (Fsp3) is 0.440. The molecule has 0 saturated carbocycles. The molecule has 2 aliphatic heterocycles. The Morgan fingerprint density at radius 2 is 1.82 bits per heavy atom. The SMILES string of the molecule is CC(Cc1cccc(F)c1N1CCN(C(=O)[C@@H]2CNCC2c2ccc(Cl)cc2)CC1)C(N)=O. The third-order valence-electron chi connectivity index (χ3n) is 6.82. The third kappa shape index (κ3) is 5.14. The van der Waals surface area contributed by atoms with E-state index in [-0.39, 0.29) is 29.5 Å². The minimum atomic E-state index is -0.402. The molecule has 2 aliphatic rings. The van der Waals surface area contributed by atoms with Gasteiger partial charge in [0.05, 0.1) is 11.6 Å². The highest BCUT2D eigenvalue weighted by molar-refractivity contribution is 6.30. The van der Waals surface area contributed by atoms with E-state index >= 15 is 0 Å². The number of carbonyl (C=O) groups is 2. The number of nitrogens with one attached hydrogen (secondary N) is 1. The number of piperazine rings is 1. The Morgan fingerprint density at radius 3 is 2.48 bits per heavy atom. The van der Waals surface area contributed by atoms with Crippen molar-refractivity contribution < 1.29 is 14.0 Å². The van der Waals surface area contributed by atoms with Crippen molar-refractivity contribution in [2.45, 2.75) is 19.3 Å². The van der Waals surface area contributed by atoms with Gasteiger partial charge >= 0.3 is 0 Å². The number of benzene rings is 2. The summed E-state index contributed by atoms with van der Waals surface area (Å²) in [4.78, 5) is 28.8. The van der Waals surface area contributed by atoms with E-state index in [9.17, 15) is 14.0 Å². The quantitative estimate of drug-likeness (QED) is 0.677. The van der Waals surface area contributed by atoms with E-state index in [1.54, 1.807) is 13.0 Å². The maximum absolute atomic E-state index is 14.8. The summed E-state index contributed by atoms with van der Waals surface area (Å²) in [6.45, 7) is 5.29. The van der Waals surface area contributed by atoms with Gasteiger partial charge in [-0.25, -0.2) is 4.39 Å². The van der Waals surface area contributed by atoms with Crippen LogP contribution in [-0.4, -0.2) is 56.0 Å². The van der Waals surface area contributed by atoms with Gasteiger partial charge in [-0.2, -0.15) is 0 Å². The van der Waals surface area contributed by atoms with Crippen LogP contribution in [0, 0.1) is 17.7 Å². The van der Waals surface area contributed by atoms with Gasteiger partial charge in [-0.05, 0) is 35.7 Å². The molecule has 0 spiro atoms. The molecule has 6 nitrogen and oxygen atoms in total. The average molecular weight is 473 g/mol. The van der Waals surface area contributed by atoms with Gasteiger partial charge in [0.2, 0.25) is 11.8 Å². The lowest BCUT2D eigenvalue weighted by atomic mass is 9.88. The van der Waals surface area contributed by atoms with Crippen molar-refractivity contribution in [3.05, 3.63) is 64.4 Å². The Bertz CT molecular complexity index is 1010. The second-order valence-corrected chi connectivity index (χ2v) is 9.43. The van der Waals surface area contributed by atoms with E-state index in [0.29, 0.717) is 49.9 Å². The molecular weight excluding hydrogens is 443 g/mol. The zero-order chi connectivity index (χ0) is 23.5. The lowest BCUT2D eigenvalue weighted by molar-refractivity contribution is -0.135. The van der Waals surface area contributed by atoms with E-state index in [1.165, 1.54) is 6.07 Å². The van der Waals surface area contributed by atoms with E-state index in [4.69, 9.17) is 17.3 Å². The number of nitrogens with two attached hydrogens (primary N) is 1. The van der Waals surface area contributed by atoms with Gasteiger partial charge in [-0.3, -0.25) is 9.59 Å². The van der Waals surface area contributed by atoms with Crippen molar-refractivity contribution in [1.29, 1.82) is 0 Å². The zero-order valence-electron chi connectivity index (χ0n) is 18.8.